The molecule has 23 heavy (non-hydrogen) atoms. The molecule has 5 heteroatoms. The average molecular weight is 342 g/mol. The lowest BCUT2D eigenvalue weighted by Crippen LogP contribution is -2.15. The summed E-state index contributed by atoms with van der Waals surface area (Å²) in [5, 5.41) is 6.05. The predicted octanol–water partition coefficient (Wildman–Crippen LogP) is 4.98. The van der Waals surface area contributed by atoms with Crippen LogP contribution in [0.4, 0.5) is 5.69 Å². The first-order valence-electron chi connectivity index (χ1n) is 7.40. The summed E-state index contributed by atoms with van der Waals surface area (Å²) in [6, 6.07) is 10.1. The molecule has 0 aliphatic heterocycles. The number of nitrogens with zero attached hydrogens (tertiary/aromatic N) is 1. The van der Waals surface area contributed by atoms with Crippen LogP contribution in [0.5, 0.6) is 0 Å². The van der Waals surface area contributed by atoms with Gasteiger partial charge >= 0.3 is 0 Å². The Kier molecular flexibility index (Phi) is 4.59. The first kappa shape index (κ1) is 15.9. The lowest BCUT2D eigenvalue weighted by molar-refractivity contribution is -0.115. The lowest BCUT2D eigenvalue weighted by Gasteiger charge is -2.09. The molecular formula is C18H18N2OS2. The van der Waals surface area contributed by atoms with Crippen LogP contribution in [0.15, 0.2) is 35.7 Å². The Morgan fingerprint density at radius 2 is 2.04 bits per heavy atom. The first-order valence-corrected chi connectivity index (χ1v) is 9.10. The Morgan fingerprint density at radius 3 is 2.78 bits per heavy atom. The van der Waals surface area contributed by atoms with Gasteiger partial charge < -0.3 is 5.32 Å². The third-order valence-corrected chi connectivity index (χ3v) is 5.39. The number of aromatic nitrogens is 1. The molecule has 3 nitrogen and oxygen atoms in total. The first-order chi connectivity index (χ1) is 11.0. The van der Waals surface area contributed by atoms with E-state index in [1.54, 1.807) is 22.7 Å². The molecule has 0 saturated heterocycles. The second-order valence-electron chi connectivity index (χ2n) is 5.53. The van der Waals surface area contributed by atoms with E-state index in [4.69, 9.17) is 0 Å². The molecule has 2 aromatic heterocycles. The minimum atomic E-state index is 0.000145. The maximum Gasteiger partial charge on any atom is 0.229 e. The van der Waals surface area contributed by atoms with Crippen molar-refractivity contribution in [2.45, 2.75) is 27.2 Å². The highest BCUT2D eigenvalue weighted by Gasteiger charge is 2.16. The van der Waals surface area contributed by atoms with Gasteiger partial charge in [0, 0.05) is 10.6 Å². The Bertz CT molecular complexity index is 835. The Hall–Kier alpha value is -1.98. The highest BCUT2D eigenvalue weighted by molar-refractivity contribution is 7.15. The van der Waals surface area contributed by atoms with Crippen molar-refractivity contribution in [2.75, 3.05) is 5.32 Å². The molecule has 0 aliphatic rings. The number of thiazole rings is 1. The quantitative estimate of drug-likeness (QED) is 0.726. The van der Waals surface area contributed by atoms with E-state index in [0.29, 0.717) is 6.42 Å². The number of thiophene rings is 1. The number of carbonyl (C=O) groups is 1. The van der Waals surface area contributed by atoms with E-state index in [0.717, 1.165) is 37.3 Å². The van der Waals surface area contributed by atoms with E-state index in [9.17, 15) is 4.79 Å². The molecule has 0 fully saturated rings. The van der Waals surface area contributed by atoms with Crippen LogP contribution in [0.25, 0.3) is 10.6 Å². The van der Waals surface area contributed by atoms with Crippen molar-refractivity contribution >= 4 is 34.3 Å². The van der Waals surface area contributed by atoms with Crippen molar-refractivity contribution in [1.82, 2.24) is 4.98 Å². The van der Waals surface area contributed by atoms with Gasteiger partial charge in [0.1, 0.15) is 0 Å². The van der Waals surface area contributed by atoms with Crippen LogP contribution in [-0.2, 0) is 11.2 Å². The molecule has 2 heterocycles. The largest absolute Gasteiger partial charge is 0.326 e. The fourth-order valence-electron chi connectivity index (χ4n) is 2.41. The highest BCUT2D eigenvalue weighted by Crippen LogP contribution is 2.31. The van der Waals surface area contributed by atoms with Gasteiger partial charge in [0.15, 0.2) is 0 Å². The van der Waals surface area contributed by atoms with Crippen molar-refractivity contribution in [3.63, 3.8) is 0 Å². The zero-order chi connectivity index (χ0) is 16.4. The fraction of sp³-hybridized carbons (Fsp3) is 0.222. The maximum absolute atomic E-state index is 12.4. The van der Waals surface area contributed by atoms with Gasteiger partial charge in [-0.2, -0.15) is 0 Å². The molecule has 0 aliphatic carbocycles. The smallest absolute Gasteiger partial charge is 0.229 e. The van der Waals surface area contributed by atoms with E-state index in [1.807, 2.05) is 56.5 Å². The topological polar surface area (TPSA) is 42.0 Å². The molecule has 3 rings (SSSR count). The summed E-state index contributed by atoms with van der Waals surface area (Å²) < 4.78 is 0. The third-order valence-electron chi connectivity index (χ3n) is 3.55. The molecule has 0 spiro atoms. The fourth-order valence-corrected chi connectivity index (χ4v) is 4.16. The van der Waals surface area contributed by atoms with Crippen LogP contribution < -0.4 is 5.32 Å². The zero-order valence-corrected chi connectivity index (χ0v) is 15.0. The lowest BCUT2D eigenvalue weighted by atomic mass is 10.1. The van der Waals surface area contributed by atoms with E-state index in [2.05, 4.69) is 10.3 Å². The summed E-state index contributed by atoms with van der Waals surface area (Å²) in [6.45, 7) is 6.01. The Morgan fingerprint density at radius 1 is 1.22 bits per heavy atom. The summed E-state index contributed by atoms with van der Waals surface area (Å²) in [5.74, 6) is 0.000145. The van der Waals surface area contributed by atoms with Gasteiger partial charge in [0.25, 0.3) is 0 Å². The molecule has 1 amide bonds. The van der Waals surface area contributed by atoms with Crippen LogP contribution >= 0.6 is 22.7 Å². The molecule has 0 radical (unpaired) electrons. The summed E-state index contributed by atoms with van der Waals surface area (Å²) in [5.41, 5.74) is 4.04. The van der Waals surface area contributed by atoms with Gasteiger partial charge in [-0.05, 0) is 49.4 Å². The maximum atomic E-state index is 12.4. The molecule has 1 N–H and O–H groups in total. The van der Waals surface area contributed by atoms with Crippen LogP contribution in [0.1, 0.15) is 21.0 Å². The number of benzene rings is 1. The monoisotopic (exact) mass is 342 g/mol. The molecular weight excluding hydrogens is 324 g/mol. The van der Waals surface area contributed by atoms with Crippen LogP contribution in [-0.4, -0.2) is 10.9 Å². The van der Waals surface area contributed by atoms with Crippen molar-refractivity contribution in [1.29, 1.82) is 0 Å². The van der Waals surface area contributed by atoms with Crippen molar-refractivity contribution < 1.29 is 4.79 Å². The summed E-state index contributed by atoms with van der Waals surface area (Å²) in [7, 11) is 0. The molecule has 118 valence electrons. The summed E-state index contributed by atoms with van der Waals surface area (Å²) in [6.07, 6.45) is 0.353. The zero-order valence-electron chi connectivity index (χ0n) is 13.3. The van der Waals surface area contributed by atoms with Crippen LogP contribution in [0.3, 0.4) is 0 Å². The van der Waals surface area contributed by atoms with Crippen molar-refractivity contribution in [3.05, 3.63) is 56.7 Å². The normalized spacial score (nSPS) is 10.7. The summed E-state index contributed by atoms with van der Waals surface area (Å²) in [4.78, 5) is 19.2. The molecule has 0 saturated carbocycles. The summed E-state index contributed by atoms with van der Waals surface area (Å²) >= 11 is 3.25. The van der Waals surface area contributed by atoms with Gasteiger partial charge in [-0.3, -0.25) is 4.79 Å². The minimum absolute atomic E-state index is 0.000145. The number of hydrogen-bond acceptors (Lipinski definition) is 4. The van der Waals surface area contributed by atoms with Crippen LogP contribution in [0.2, 0.25) is 0 Å². The molecule has 0 bridgehead atoms. The molecule has 3 aromatic rings. The number of nitrogens with one attached hydrogen (secondary N) is 1. The SMILES string of the molecule is Cc1ccc(C)c(NC(=O)Cc2sc(C)nc2-c2cccs2)c1. The molecule has 0 unspecified atom stereocenters. The van der Waals surface area contributed by atoms with Gasteiger partial charge in [-0.1, -0.05) is 18.2 Å². The van der Waals surface area contributed by atoms with Gasteiger partial charge in [-0.15, -0.1) is 22.7 Å². The average Bonchev–Trinajstić information content (AvgIpc) is 3.12. The number of carbonyl (C=O) groups excluding carboxylic acids is 1. The van der Waals surface area contributed by atoms with Gasteiger partial charge in [0.05, 0.1) is 22.0 Å². The van der Waals surface area contributed by atoms with E-state index < -0.39 is 0 Å². The van der Waals surface area contributed by atoms with Gasteiger partial charge in [0.2, 0.25) is 5.91 Å². The number of aryl methyl sites for hydroxylation is 3. The van der Waals surface area contributed by atoms with E-state index >= 15 is 0 Å². The van der Waals surface area contributed by atoms with E-state index in [-0.39, 0.29) is 5.91 Å². The van der Waals surface area contributed by atoms with E-state index in [1.165, 1.54) is 0 Å². The molecule has 1 aromatic carbocycles. The third kappa shape index (κ3) is 3.68. The number of rotatable bonds is 4. The van der Waals surface area contributed by atoms with Crippen molar-refractivity contribution in [2.24, 2.45) is 0 Å². The van der Waals surface area contributed by atoms with Crippen LogP contribution in [0, 0.1) is 20.8 Å². The number of amides is 1. The molecule has 0 atom stereocenters. The highest BCUT2D eigenvalue weighted by atomic mass is 32.1. The predicted molar refractivity (Wildman–Crippen MR) is 98.4 cm³/mol. The second kappa shape index (κ2) is 6.64. The number of anilines is 1. The Balaban J connectivity index is 1.80. The minimum Gasteiger partial charge on any atom is -0.326 e. The van der Waals surface area contributed by atoms with Gasteiger partial charge in [-0.25, -0.2) is 4.98 Å². The second-order valence-corrected chi connectivity index (χ2v) is 7.76. The Labute approximate surface area is 144 Å². The number of hydrogen-bond donors (Lipinski definition) is 1. The van der Waals surface area contributed by atoms with Crippen molar-refractivity contribution in [3.8, 4) is 10.6 Å². The standard InChI is InChI=1S/C18H18N2OS2/c1-11-6-7-12(2)14(9-11)20-17(21)10-16-18(19-13(3)23-16)15-5-4-8-22-15/h4-9H,10H2,1-3H3,(H,20,21).